The molecule has 5 rings (SSSR count). The van der Waals surface area contributed by atoms with Gasteiger partial charge in [-0.1, -0.05) is 29.8 Å². The van der Waals surface area contributed by atoms with Gasteiger partial charge in [-0.2, -0.15) is 0 Å². The molecule has 0 spiro atoms. The van der Waals surface area contributed by atoms with E-state index in [2.05, 4.69) is 42.1 Å². The van der Waals surface area contributed by atoms with E-state index in [1.165, 1.54) is 0 Å². The lowest BCUT2D eigenvalue weighted by molar-refractivity contribution is -0.127. The van der Waals surface area contributed by atoms with E-state index in [0.717, 1.165) is 41.0 Å². The molecule has 0 aliphatic carbocycles. The first-order valence-electron chi connectivity index (χ1n) is 12.6. The highest BCUT2D eigenvalue weighted by Gasteiger charge is 2.36. The number of anilines is 2. The molecule has 212 valence electrons. The number of thioether (sulfide) groups is 1. The number of imide groups is 1. The molecular formula is C29H24Br2ClN3O5S. The topological polar surface area (TPSA) is 88.2 Å². The van der Waals surface area contributed by atoms with Gasteiger partial charge in [0.05, 0.1) is 27.1 Å². The number of ether oxygens (including phenoxy) is 2. The molecule has 0 saturated carbocycles. The third-order valence-electron chi connectivity index (χ3n) is 6.35. The van der Waals surface area contributed by atoms with Crippen LogP contribution in [0, 0.1) is 0 Å². The largest absolute Gasteiger partial charge is 0.486 e. The third-order valence-corrected chi connectivity index (χ3v) is 8.81. The van der Waals surface area contributed by atoms with E-state index < -0.39 is 17.1 Å². The molecular weight excluding hydrogens is 698 g/mol. The number of nitrogens with zero attached hydrogens (tertiary/aromatic N) is 2. The van der Waals surface area contributed by atoms with Crippen LogP contribution in [0.4, 0.5) is 16.2 Å². The van der Waals surface area contributed by atoms with Crippen molar-refractivity contribution in [3.05, 3.63) is 90.7 Å². The zero-order valence-corrected chi connectivity index (χ0v) is 26.3. The van der Waals surface area contributed by atoms with Gasteiger partial charge < -0.3 is 19.7 Å². The number of hydrogen-bond acceptors (Lipinski definition) is 7. The first-order valence-corrected chi connectivity index (χ1v) is 15.4. The van der Waals surface area contributed by atoms with Crippen LogP contribution in [0.2, 0.25) is 5.02 Å². The second-order valence-electron chi connectivity index (χ2n) is 9.16. The van der Waals surface area contributed by atoms with E-state index in [-0.39, 0.29) is 18.1 Å². The fraction of sp³-hybridized carbons (Fsp3) is 0.207. The van der Waals surface area contributed by atoms with Crippen LogP contribution in [0.25, 0.3) is 6.08 Å². The van der Waals surface area contributed by atoms with Gasteiger partial charge >= 0.3 is 0 Å². The van der Waals surface area contributed by atoms with Gasteiger partial charge in [0.25, 0.3) is 11.1 Å². The maximum absolute atomic E-state index is 13.0. The first-order chi connectivity index (χ1) is 19.8. The standard InChI is InChI=1S/C29H24Br2ClN3O5S/c30-22-13-18(14-23(31)27(22)40-17-19-3-1-2-4-24(19)32)15-25-28(37)35(29(38)41-25)16-26(36)33-20-5-7-21(8-6-20)34-9-11-39-12-10-34/h1-8,13-15H,9-12,16-17H2,(H,33,36)/b25-15+. The Morgan fingerprint density at radius 3 is 2.41 bits per heavy atom. The van der Waals surface area contributed by atoms with Crippen LogP contribution in [0.15, 0.2) is 74.5 Å². The predicted molar refractivity (Wildman–Crippen MR) is 168 cm³/mol. The van der Waals surface area contributed by atoms with Crippen molar-refractivity contribution in [1.82, 2.24) is 4.90 Å². The number of carbonyl (C=O) groups excluding carboxylic acids is 3. The molecule has 3 aromatic carbocycles. The predicted octanol–water partition coefficient (Wildman–Crippen LogP) is 6.96. The minimum atomic E-state index is -0.524. The molecule has 1 N–H and O–H groups in total. The SMILES string of the molecule is O=C(CN1C(=O)S/C(=C/c2cc(Br)c(OCc3ccccc3Cl)c(Br)c2)C1=O)Nc1ccc(N2CCOCC2)cc1. The summed E-state index contributed by atoms with van der Waals surface area (Å²) < 4.78 is 12.7. The summed E-state index contributed by atoms with van der Waals surface area (Å²) in [5.74, 6) is -0.410. The molecule has 0 unspecified atom stereocenters. The number of halogens is 3. The second-order valence-corrected chi connectivity index (χ2v) is 12.3. The third kappa shape index (κ3) is 7.34. The minimum Gasteiger partial charge on any atom is -0.486 e. The number of carbonyl (C=O) groups is 3. The van der Waals surface area contributed by atoms with Gasteiger partial charge in [0.2, 0.25) is 5.91 Å². The quantitative estimate of drug-likeness (QED) is 0.252. The molecule has 2 aliphatic heterocycles. The molecule has 0 atom stereocenters. The first kappa shape index (κ1) is 29.7. The summed E-state index contributed by atoms with van der Waals surface area (Å²) in [6, 6.07) is 18.4. The lowest BCUT2D eigenvalue weighted by atomic mass is 10.2. The number of rotatable bonds is 8. The van der Waals surface area contributed by atoms with Crippen molar-refractivity contribution >= 4 is 89.7 Å². The van der Waals surface area contributed by atoms with Crippen LogP contribution in [-0.2, 0) is 20.9 Å². The minimum absolute atomic E-state index is 0.223. The smallest absolute Gasteiger partial charge is 0.294 e. The molecule has 3 amide bonds. The summed E-state index contributed by atoms with van der Waals surface area (Å²) in [6.07, 6.45) is 1.61. The molecule has 2 aliphatic rings. The van der Waals surface area contributed by atoms with Gasteiger partial charge in [0.15, 0.2) is 0 Å². The van der Waals surface area contributed by atoms with Crippen molar-refractivity contribution in [2.24, 2.45) is 0 Å². The molecule has 0 aromatic heterocycles. The lowest BCUT2D eigenvalue weighted by Crippen LogP contribution is -2.36. The summed E-state index contributed by atoms with van der Waals surface area (Å²) in [6.45, 7) is 2.89. The Hall–Kier alpha value is -2.83. The second kappa shape index (κ2) is 13.4. The van der Waals surface area contributed by atoms with Gasteiger partial charge in [-0.05, 0) is 97.7 Å². The van der Waals surface area contributed by atoms with Gasteiger partial charge in [0.1, 0.15) is 18.9 Å². The Bertz CT molecular complexity index is 1490. The van der Waals surface area contributed by atoms with Crippen molar-refractivity contribution in [1.29, 1.82) is 0 Å². The normalized spacial score (nSPS) is 16.4. The van der Waals surface area contributed by atoms with Gasteiger partial charge in [-0.15, -0.1) is 0 Å². The Labute approximate surface area is 263 Å². The van der Waals surface area contributed by atoms with Crippen LogP contribution in [-0.4, -0.2) is 54.8 Å². The van der Waals surface area contributed by atoms with Crippen LogP contribution in [0.3, 0.4) is 0 Å². The fourth-order valence-electron chi connectivity index (χ4n) is 4.28. The van der Waals surface area contributed by atoms with Gasteiger partial charge in [-0.3, -0.25) is 19.3 Å². The molecule has 0 radical (unpaired) electrons. The van der Waals surface area contributed by atoms with Crippen molar-refractivity contribution in [2.75, 3.05) is 43.1 Å². The zero-order valence-electron chi connectivity index (χ0n) is 21.6. The zero-order chi connectivity index (χ0) is 28.9. The summed E-state index contributed by atoms with van der Waals surface area (Å²) in [7, 11) is 0. The summed E-state index contributed by atoms with van der Waals surface area (Å²) in [5.41, 5.74) is 3.14. The van der Waals surface area contributed by atoms with Crippen molar-refractivity contribution < 1.29 is 23.9 Å². The lowest BCUT2D eigenvalue weighted by Gasteiger charge is -2.28. The van der Waals surface area contributed by atoms with Crippen LogP contribution in [0.5, 0.6) is 5.75 Å². The van der Waals surface area contributed by atoms with Crippen LogP contribution >= 0.6 is 55.2 Å². The van der Waals surface area contributed by atoms with Crippen molar-refractivity contribution in [3.63, 3.8) is 0 Å². The van der Waals surface area contributed by atoms with E-state index in [1.54, 1.807) is 36.4 Å². The Kier molecular flexibility index (Phi) is 9.72. The van der Waals surface area contributed by atoms with Crippen LogP contribution in [0.1, 0.15) is 11.1 Å². The Morgan fingerprint density at radius 1 is 1.05 bits per heavy atom. The summed E-state index contributed by atoms with van der Waals surface area (Å²) in [5, 5.41) is 2.87. The monoisotopic (exact) mass is 719 g/mol. The molecule has 3 aromatic rings. The molecule has 12 heteroatoms. The summed E-state index contributed by atoms with van der Waals surface area (Å²) in [4.78, 5) is 41.7. The van der Waals surface area contributed by atoms with Crippen molar-refractivity contribution in [2.45, 2.75) is 6.61 Å². The van der Waals surface area contributed by atoms with E-state index in [9.17, 15) is 14.4 Å². The highest BCUT2D eigenvalue weighted by Crippen LogP contribution is 2.38. The number of morpholine rings is 1. The molecule has 2 fully saturated rings. The molecule has 2 heterocycles. The molecule has 41 heavy (non-hydrogen) atoms. The van der Waals surface area contributed by atoms with E-state index in [0.29, 0.717) is 44.2 Å². The summed E-state index contributed by atoms with van der Waals surface area (Å²) >= 11 is 14.1. The van der Waals surface area contributed by atoms with Crippen molar-refractivity contribution in [3.8, 4) is 5.75 Å². The van der Waals surface area contributed by atoms with Gasteiger partial charge in [0, 0.05) is 35.1 Å². The van der Waals surface area contributed by atoms with E-state index in [1.807, 2.05) is 30.3 Å². The Morgan fingerprint density at radius 2 is 1.73 bits per heavy atom. The highest BCUT2D eigenvalue weighted by molar-refractivity contribution is 9.11. The number of benzene rings is 3. The number of nitrogens with one attached hydrogen (secondary N) is 1. The number of hydrogen-bond donors (Lipinski definition) is 1. The maximum atomic E-state index is 13.0. The molecule has 8 nitrogen and oxygen atoms in total. The average molecular weight is 722 g/mol. The maximum Gasteiger partial charge on any atom is 0.294 e. The molecule has 2 saturated heterocycles. The fourth-order valence-corrected chi connectivity index (χ4v) is 6.75. The highest BCUT2D eigenvalue weighted by atomic mass is 79.9. The van der Waals surface area contributed by atoms with E-state index >= 15 is 0 Å². The molecule has 0 bridgehead atoms. The number of amides is 3. The van der Waals surface area contributed by atoms with Crippen LogP contribution < -0.4 is 15.0 Å². The Balaban J connectivity index is 1.20. The van der Waals surface area contributed by atoms with E-state index in [4.69, 9.17) is 21.1 Å². The van der Waals surface area contributed by atoms with Gasteiger partial charge in [-0.25, -0.2) is 0 Å². The average Bonchev–Trinajstić information content (AvgIpc) is 3.21.